The van der Waals surface area contributed by atoms with E-state index in [4.69, 9.17) is 9.47 Å². The molecule has 0 unspecified atom stereocenters. The molecule has 0 bridgehead atoms. The van der Waals surface area contributed by atoms with Crippen molar-refractivity contribution in [3.05, 3.63) is 29.8 Å². The van der Waals surface area contributed by atoms with Crippen LogP contribution in [0.1, 0.15) is 31.7 Å². The summed E-state index contributed by atoms with van der Waals surface area (Å²) in [5.74, 6) is 1.15. The minimum Gasteiger partial charge on any atom is -0.491 e. The molecule has 132 valence electrons. The number of para-hydroxylation sites is 1. The Labute approximate surface area is 144 Å². The Morgan fingerprint density at radius 3 is 2.83 bits per heavy atom. The van der Waals surface area contributed by atoms with Crippen molar-refractivity contribution < 1.29 is 14.3 Å². The summed E-state index contributed by atoms with van der Waals surface area (Å²) in [5.41, 5.74) is 1.10. The number of nitrogens with zero attached hydrogens (tertiary/aromatic N) is 2. The summed E-state index contributed by atoms with van der Waals surface area (Å²) in [4.78, 5) is 17.1. The van der Waals surface area contributed by atoms with E-state index in [0.717, 1.165) is 57.0 Å². The quantitative estimate of drug-likeness (QED) is 0.776. The van der Waals surface area contributed by atoms with Gasteiger partial charge in [-0.15, -0.1) is 0 Å². The first-order chi connectivity index (χ1) is 11.7. The Balaban J connectivity index is 1.46. The maximum Gasteiger partial charge on any atom is 0.223 e. The molecule has 0 N–H and O–H groups in total. The number of carbonyl (C=O) groups excluding carboxylic acids is 1. The average molecular weight is 332 g/mol. The van der Waals surface area contributed by atoms with Gasteiger partial charge in [-0.05, 0) is 32.4 Å². The molecule has 1 aromatic rings. The van der Waals surface area contributed by atoms with E-state index in [1.54, 1.807) is 0 Å². The first-order valence-electron chi connectivity index (χ1n) is 9.04. The van der Waals surface area contributed by atoms with E-state index < -0.39 is 0 Å². The van der Waals surface area contributed by atoms with Crippen molar-refractivity contribution in [1.29, 1.82) is 0 Å². The Hall–Kier alpha value is -1.59. The molecular formula is C19H28N2O3. The van der Waals surface area contributed by atoms with Gasteiger partial charge in [-0.25, -0.2) is 0 Å². The largest absolute Gasteiger partial charge is 0.491 e. The van der Waals surface area contributed by atoms with E-state index in [1.807, 2.05) is 29.2 Å². The van der Waals surface area contributed by atoms with E-state index in [0.29, 0.717) is 19.6 Å². The summed E-state index contributed by atoms with van der Waals surface area (Å²) in [5, 5.41) is 0. The van der Waals surface area contributed by atoms with E-state index in [1.165, 1.54) is 0 Å². The molecule has 2 heterocycles. The second-order valence-electron chi connectivity index (χ2n) is 6.70. The van der Waals surface area contributed by atoms with Crippen molar-refractivity contribution in [2.45, 2.75) is 38.8 Å². The minimum atomic E-state index is 0.115. The van der Waals surface area contributed by atoms with E-state index >= 15 is 0 Å². The van der Waals surface area contributed by atoms with Gasteiger partial charge in [0.2, 0.25) is 5.91 Å². The highest BCUT2D eigenvalue weighted by molar-refractivity contribution is 5.76. The molecule has 1 amide bonds. The molecule has 1 atom stereocenters. The van der Waals surface area contributed by atoms with E-state index in [9.17, 15) is 4.79 Å². The number of rotatable bonds is 5. The van der Waals surface area contributed by atoms with Gasteiger partial charge in [0.15, 0.2) is 0 Å². The van der Waals surface area contributed by atoms with Crippen LogP contribution in [-0.2, 0) is 16.1 Å². The fourth-order valence-electron chi connectivity index (χ4n) is 3.33. The van der Waals surface area contributed by atoms with Gasteiger partial charge in [0.05, 0.1) is 19.3 Å². The number of benzene rings is 1. The summed E-state index contributed by atoms with van der Waals surface area (Å²) in [6, 6.07) is 8.13. The lowest BCUT2D eigenvalue weighted by molar-refractivity contribution is -0.134. The molecule has 0 spiro atoms. The van der Waals surface area contributed by atoms with Gasteiger partial charge in [0.25, 0.3) is 0 Å². The normalized spacial score (nSPS) is 21.7. The molecule has 0 aromatic heterocycles. The molecular weight excluding hydrogens is 304 g/mol. The highest BCUT2D eigenvalue weighted by Crippen LogP contribution is 2.25. The molecule has 5 nitrogen and oxygen atoms in total. The van der Waals surface area contributed by atoms with Crippen molar-refractivity contribution in [3.8, 4) is 5.75 Å². The predicted molar refractivity (Wildman–Crippen MR) is 93.1 cm³/mol. The zero-order valence-electron chi connectivity index (χ0n) is 14.6. The van der Waals surface area contributed by atoms with Crippen LogP contribution >= 0.6 is 0 Å². The van der Waals surface area contributed by atoms with Gasteiger partial charge in [-0.1, -0.05) is 18.2 Å². The molecule has 24 heavy (non-hydrogen) atoms. The Bertz CT molecular complexity index is 543. The SMILES string of the molecule is C[C@@H]1COc2ccccc2CN1C(=O)CCCCN1CCOCC1. The summed E-state index contributed by atoms with van der Waals surface area (Å²) in [7, 11) is 0. The van der Waals surface area contributed by atoms with Gasteiger partial charge in [0, 0.05) is 31.6 Å². The second-order valence-corrected chi connectivity index (χ2v) is 6.70. The Morgan fingerprint density at radius 2 is 2.00 bits per heavy atom. The number of hydrogen-bond donors (Lipinski definition) is 0. The standard InChI is InChI=1S/C19H28N2O3/c1-16-15-24-18-7-3-2-6-17(18)14-21(16)19(22)8-4-5-9-20-10-12-23-13-11-20/h2-3,6-7,16H,4-5,8-15H2,1H3/t16-/m1/s1. The van der Waals surface area contributed by atoms with Crippen molar-refractivity contribution >= 4 is 5.91 Å². The predicted octanol–water partition coefficient (Wildman–Crippen LogP) is 2.30. The second kappa shape index (κ2) is 8.49. The zero-order chi connectivity index (χ0) is 16.8. The molecule has 2 aliphatic heterocycles. The summed E-state index contributed by atoms with van der Waals surface area (Å²) in [6.45, 7) is 8.07. The van der Waals surface area contributed by atoms with E-state index in [2.05, 4.69) is 11.8 Å². The maximum atomic E-state index is 12.7. The minimum absolute atomic E-state index is 0.115. The zero-order valence-corrected chi connectivity index (χ0v) is 14.6. The van der Waals surface area contributed by atoms with Crippen LogP contribution in [0.15, 0.2) is 24.3 Å². The van der Waals surface area contributed by atoms with Crippen LogP contribution in [0.4, 0.5) is 0 Å². The van der Waals surface area contributed by atoms with Gasteiger partial charge >= 0.3 is 0 Å². The van der Waals surface area contributed by atoms with Crippen LogP contribution in [-0.4, -0.2) is 61.2 Å². The summed E-state index contributed by atoms with van der Waals surface area (Å²) < 4.78 is 11.2. The van der Waals surface area contributed by atoms with Gasteiger partial charge < -0.3 is 14.4 Å². The number of hydrogen-bond acceptors (Lipinski definition) is 4. The average Bonchev–Trinajstić information content (AvgIpc) is 2.79. The monoisotopic (exact) mass is 332 g/mol. The van der Waals surface area contributed by atoms with Crippen LogP contribution in [0.5, 0.6) is 5.75 Å². The third-order valence-electron chi connectivity index (χ3n) is 4.86. The number of amides is 1. The molecule has 1 saturated heterocycles. The van der Waals surface area contributed by atoms with Crippen LogP contribution in [0.2, 0.25) is 0 Å². The van der Waals surface area contributed by atoms with Crippen molar-refractivity contribution in [2.24, 2.45) is 0 Å². The molecule has 1 fully saturated rings. The molecule has 2 aliphatic rings. The van der Waals surface area contributed by atoms with Crippen LogP contribution < -0.4 is 4.74 Å². The molecule has 3 rings (SSSR count). The summed E-state index contributed by atoms with van der Waals surface area (Å²) in [6.07, 6.45) is 2.64. The molecule has 0 aliphatic carbocycles. The van der Waals surface area contributed by atoms with Gasteiger partial charge in [-0.2, -0.15) is 0 Å². The highest BCUT2D eigenvalue weighted by Gasteiger charge is 2.25. The fourth-order valence-corrected chi connectivity index (χ4v) is 3.33. The highest BCUT2D eigenvalue weighted by atomic mass is 16.5. The van der Waals surface area contributed by atoms with Crippen molar-refractivity contribution in [3.63, 3.8) is 0 Å². The Kier molecular flexibility index (Phi) is 6.10. The van der Waals surface area contributed by atoms with Crippen LogP contribution in [0.25, 0.3) is 0 Å². The fraction of sp³-hybridized carbons (Fsp3) is 0.632. The lowest BCUT2D eigenvalue weighted by Gasteiger charge is -2.27. The lowest BCUT2D eigenvalue weighted by atomic mass is 10.1. The van der Waals surface area contributed by atoms with Crippen LogP contribution in [0.3, 0.4) is 0 Å². The first-order valence-corrected chi connectivity index (χ1v) is 9.04. The topological polar surface area (TPSA) is 42.0 Å². The van der Waals surface area contributed by atoms with Crippen molar-refractivity contribution in [2.75, 3.05) is 39.5 Å². The number of unbranched alkanes of at least 4 members (excludes halogenated alkanes) is 1. The third kappa shape index (κ3) is 4.48. The number of fused-ring (bicyclic) bond motifs is 1. The van der Waals surface area contributed by atoms with E-state index in [-0.39, 0.29) is 11.9 Å². The van der Waals surface area contributed by atoms with Crippen molar-refractivity contribution in [1.82, 2.24) is 9.80 Å². The lowest BCUT2D eigenvalue weighted by Crippen LogP contribution is -2.40. The molecule has 1 aromatic carbocycles. The molecule has 5 heteroatoms. The number of ether oxygens (including phenoxy) is 2. The first kappa shape index (κ1) is 17.2. The molecule has 0 saturated carbocycles. The number of morpholine rings is 1. The Morgan fingerprint density at radius 1 is 1.21 bits per heavy atom. The number of carbonyl (C=O) groups is 1. The smallest absolute Gasteiger partial charge is 0.223 e. The molecule has 0 radical (unpaired) electrons. The van der Waals surface area contributed by atoms with Gasteiger partial charge in [-0.3, -0.25) is 9.69 Å². The van der Waals surface area contributed by atoms with Gasteiger partial charge in [0.1, 0.15) is 12.4 Å². The maximum absolute atomic E-state index is 12.7. The van der Waals surface area contributed by atoms with Crippen LogP contribution in [0, 0.1) is 0 Å². The summed E-state index contributed by atoms with van der Waals surface area (Å²) >= 11 is 0. The third-order valence-corrected chi connectivity index (χ3v) is 4.86.